The van der Waals surface area contributed by atoms with Crippen molar-refractivity contribution in [1.82, 2.24) is 10.2 Å². The molecule has 0 unspecified atom stereocenters. The number of amides is 1. The first kappa shape index (κ1) is 17.4. The Hall–Kier alpha value is -1.43. The second-order valence-electron chi connectivity index (χ2n) is 7.10. The minimum absolute atomic E-state index is 0.0367. The number of hydrogen-bond donors (Lipinski definition) is 1. The zero-order valence-corrected chi connectivity index (χ0v) is 14.7. The van der Waals surface area contributed by atoms with Gasteiger partial charge in [-0.1, -0.05) is 30.3 Å². The Balaban J connectivity index is 1.60. The summed E-state index contributed by atoms with van der Waals surface area (Å²) in [4.78, 5) is 15.0. The second kappa shape index (κ2) is 7.64. The third-order valence-corrected chi connectivity index (χ3v) is 5.00. The highest BCUT2D eigenvalue weighted by Crippen LogP contribution is 2.48. The van der Waals surface area contributed by atoms with E-state index in [1.807, 2.05) is 32.3 Å². The molecule has 1 saturated carbocycles. The van der Waals surface area contributed by atoms with Crippen molar-refractivity contribution < 1.29 is 14.3 Å². The number of nitrogens with one attached hydrogen (secondary N) is 1. The number of hydrogen-bond acceptors (Lipinski definition) is 4. The lowest BCUT2D eigenvalue weighted by molar-refractivity contribution is -0.128. The summed E-state index contributed by atoms with van der Waals surface area (Å²) in [5, 5.41) is 3.25. The maximum Gasteiger partial charge on any atom is 0.230 e. The van der Waals surface area contributed by atoms with Gasteiger partial charge in [0.1, 0.15) is 6.10 Å². The molecule has 1 aromatic rings. The fourth-order valence-electron chi connectivity index (χ4n) is 3.26. The van der Waals surface area contributed by atoms with Crippen LogP contribution in [0.25, 0.3) is 0 Å². The van der Waals surface area contributed by atoms with Crippen LogP contribution in [-0.2, 0) is 19.7 Å². The average molecular weight is 332 g/mol. The Kier molecular flexibility index (Phi) is 5.54. The molecule has 1 saturated heterocycles. The number of ether oxygens (including phenoxy) is 2. The maximum absolute atomic E-state index is 12.9. The van der Waals surface area contributed by atoms with Crippen molar-refractivity contribution in [3.63, 3.8) is 0 Å². The van der Waals surface area contributed by atoms with Gasteiger partial charge in [-0.2, -0.15) is 0 Å². The molecule has 1 N–H and O–H groups in total. The van der Waals surface area contributed by atoms with Gasteiger partial charge in [-0.25, -0.2) is 0 Å². The molecule has 1 aromatic carbocycles. The Morgan fingerprint density at radius 3 is 2.75 bits per heavy atom. The van der Waals surface area contributed by atoms with Crippen molar-refractivity contribution in [2.45, 2.75) is 36.8 Å². The Bertz CT molecular complexity index is 543. The fourth-order valence-corrected chi connectivity index (χ4v) is 3.26. The quantitative estimate of drug-likeness (QED) is 0.823. The molecule has 0 aromatic heterocycles. The van der Waals surface area contributed by atoms with Crippen LogP contribution >= 0.6 is 0 Å². The average Bonchev–Trinajstić information content (AvgIpc) is 3.39. The van der Waals surface area contributed by atoms with Crippen LogP contribution in [0.4, 0.5) is 0 Å². The molecule has 0 spiro atoms. The highest BCUT2D eigenvalue weighted by molar-refractivity contribution is 5.91. The summed E-state index contributed by atoms with van der Waals surface area (Å²) in [6.07, 6.45) is 2.61. The molecule has 0 radical (unpaired) electrons. The van der Waals surface area contributed by atoms with Crippen LogP contribution in [0.15, 0.2) is 30.3 Å². The zero-order valence-electron chi connectivity index (χ0n) is 14.7. The van der Waals surface area contributed by atoms with Crippen LogP contribution in [0.5, 0.6) is 0 Å². The predicted octanol–water partition coefficient (Wildman–Crippen LogP) is 1.57. The van der Waals surface area contributed by atoms with Crippen LogP contribution < -0.4 is 5.32 Å². The molecule has 1 aliphatic carbocycles. The SMILES string of the molecule is CN(C)CCO[C@@H]1COCC[C@H]1NC(=O)C1(c2ccccc2)CC1. The molecule has 24 heavy (non-hydrogen) atoms. The number of benzene rings is 1. The first-order valence-electron chi connectivity index (χ1n) is 8.82. The molecule has 1 amide bonds. The van der Waals surface area contributed by atoms with Gasteiger partial charge < -0.3 is 19.7 Å². The molecular weight excluding hydrogens is 304 g/mol. The van der Waals surface area contributed by atoms with E-state index in [-0.39, 0.29) is 23.5 Å². The topological polar surface area (TPSA) is 50.8 Å². The molecule has 0 bridgehead atoms. The summed E-state index contributed by atoms with van der Waals surface area (Å²) in [7, 11) is 4.05. The molecule has 2 fully saturated rings. The second-order valence-corrected chi connectivity index (χ2v) is 7.10. The molecule has 3 rings (SSSR count). The Labute approximate surface area is 144 Å². The smallest absolute Gasteiger partial charge is 0.230 e. The predicted molar refractivity (Wildman–Crippen MR) is 93.0 cm³/mol. The highest BCUT2D eigenvalue weighted by Gasteiger charge is 2.51. The van der Waals surface area contributed by atoms with Crippen LogP contribution in [0, 0.1) is 0 Å². The van der Waals surface area contributed by atoms with Gasteiger partial charge in [-0.05, 0) is 38.9 Å². The normalized spacial score (nSPS) is 25.5. The van der Waals surface area contributed by atoms with Gasteiger partial charge in [0, 0.05) is 13.2 Å². The van der Waals surface area contributed by atoms with Gasteiger partial charge in [0.2, 0.25) is 5.91 Å². The lowest BCUT2D eigenvalue weighted by Gasteiger charge is -2.33. The van der Waals surface area contributed by atoms with E-state index in [0.29, 0.717) is 19.8 Å². The number of carbonyl (C=O) groups excluding carboxylic acids is 1. The van der Waals surface area contributed by atoms with Crippen LogP contribution in [0.2, 0.25) is 0 Å². The molecule has 5 nitrogen and oxygen atoms in total. The third-order valence-electron chi connectivity index (χ3n) is 5.00. The van der Waals surface area contributed by atoms with E-state index in [4.69, 9.17) is 9.47 Å². The van der Waals surface area contributed by atoms with Crippen LogP contribution in [0.3, 0.4) is 0 Å². The van der Waals surface area contributed by atoms with Crippen molar-refractivity contribution in [3.8, 4) is 0 Å². The summed E-state index contributed by atoms with van der Waals surface area (Å²) >= 11 is 0. The first-order chi connectivity index (χ1) is 11.6. The number of rotatable bonds is 7. The van der Waals surface area contributed by atoms with E-state index < -0.39 is 0 Å². The van der Waals surface area contributed by atoms with E-state index in [1.54, 1.807) is 0 Å². The molecule has 1 heterocycles. The number of nitrogens with zero attached hydrogens (tertiary/aromatic N) is 1. The van der Waals surface area contributed by atoms with Gasteiger partial charge in [-0.15, -0.1) is 0 Å². The molecule has 2 atom stereocenters. The largest absolute Gasteiger partial charge is 0.379 e. The standard InChI is InChI=1S/C19H28N2O3/c1-21(2)11-13-24-17-14-23-12-8-16(17)20-18(22)19(9-10-19)15-6-4-3-5-7-15/h3-7,16-17H,8-14H2,1-2H3,(H,20,22)/t16-,17-/m1/s1. The first-order valence-corrected chi connectivity index (χ1v) is 8.82. The number of carbonyl (C=O) groups is 1. The molecule has 132 valence electrons. The van der Waals surface area contributed by atoms with Crippen molar-refractivity contribution in [2.24, 2.45) is 0 Å². The lowest BCUT2D eigenvalue weighted by atomic mass is 9.94. The lowest BCUT2D eigenvalue weighted by Crippen LogP contribution is -2.52. The monoisotopic (exact) mass is 332 g/mol. The summed E-state index contributed by atoms with van der Waals surface area (Å²) in [5.41, 5.74) is 0.799. The van der Waals surface area contributed by atoms with Gasteiger partial charge in [0.15, 0.2) is 0 Å². The molecule has 1 aliphatic heterocycles. The van der Waals surface area contributed by atoms with E-state index >= 15 is 0 Å². The molecule has 5 heteroatoms. The van der Waals surface area contributed by atoms with E-state index in [0.717, 1.165) is 31.4 Å². The maximum atomic E-state index is 12.9. The van der Waals surface area contributed by atoms with Crippen molar-refractivity contribution in [1.29, 1.82) is 0 Å². The summed E-state index contributed by atoms with van der Waals surface area (Å²) in [6, 6.07) is 10.2. The summed E-state index contributed by atoms with van der Waals surface area (Å²) in [6.45, 7) is 2.75. The zero-order chi connectivity index (χ0) is 17.0. The summed E-state index contributed by atoms with van der Waals surface area (Å²) in [5.74, 6) is 0.141. The molecular formula is C19H28N2O3. The highest BCUT2D eigenvalue weighted by atomic mass is 16.5. The van der Waals surface area contributed by atoms with Gasteiger partial charge in [0.05, 0.1) is 24.7 Å². The van der Waals surface area contributed by atoms with Crippen LogP contribution in [0.1, 0.15) is 24.8 Å². The molecule has 2 aliphatic rings. The fraction of sp³-hybridized carbons (Fsp3) is 0.632. The van der Waals surface area contributed by atoms with E-state index in [2.05, 4.69) is 22.3 Å². The van der Waals surface area contributed by atoms with Crippen molar-refractivity contribution in [2.75, 3.05) is 40.5 Å². The minimum Gasteiger partial charge on any atom is -0.379 e. The third kappa shape index (κ3) is 3.97. The van der Waals surface area contributed by atoms with Crippen molar-refractivity contribution >= 4 is 5.91 Å². The van der Waals surface area contributed by atoms with E-state index in [1.165, 1.54) is 0 Å². The van der Waals surface area contributed by atoms with Gasteiger partial charge in [-0.3, -0.25) is 4.79 Å². The summed E-state index contributed by atoms with van der Waals surface area (Å²) < 4.78 is 11.5. The van der Waals surface area contributed by atoms with E-state index in [9.17, 15) is 4.79 Å². The van der Waals surface area contributed by atoms with Gasteiger partial charge in [0.25, 0.3) is 0 Å². The number of likely N-dealkylation sites (N-methyl/N-ethyl adjacent to an activating group) is 1. The van der Waals surface area contributed by atoms with Gasteiger partial charge >= 0.3 is 0 Å². The minimum atomic E-state index is -0.326. The van der Waals surface area contributed by atoms with Crippen molar-refractivity contribution in [3.05, 3.63) is 35.9 Å². The van der Waals surface area contributed by atoms with Crippen LogP contribution in [-0.4, -0.2) is 63.4 Å². The Morgan fingerprint density at radius 1 is 1.33 bits per heavy atom. The Morgan fingerprint density at radius 2 is 2.08 bits per heavy atom.